The molecular weight excluding hydrogens is 644 g/mol. The fourth-order valence-electron chi connectivity index (χ4n) is 4.35. The summed E-state index contributed by atoms with van der Waals surface area (Å²) >= 11 is 8.39. The molecule has 38 heavy (non-hydrogen) atoms. The predicted molar refractivity (Wildman–Crippen MR) is 148 cm³/mol. The van der Waals surface area contributed by atoms with E-state index < -0.39 is 12.0 Å². The summed E-state index contributed by atoms with van der Waals surface area (Å²) in [6, 6.07) is 6.28. The number of hydrogen-bond donors (Lipinski definition) is 0. The normalized spacial score (nSPS) is 16.3. The van der Waals surface area contributed by atoms with E-state index in [-0.39, 0.29) is 24.5 Å². The van der Waals surface area contributed by atoms with Gasteiger partial charge in [0, 0.05) is 8.95 Å². The highest BCUT2D eigenvalue weighted by Crippen LogP contribution is 2.41. The molecule has 12 heteroatoms. The van der Waals surface area contributed by atoms with Crippen LogP contribution in [0.25, 0.3) is 6.08 Å². The van der Waals surface area contributed by atoms with Gasteiger partial charge in [0.05, 0.1) is 42.7 Å². The smallest absolute Gasteiger partial charge is 0.338 e. The van der Waals surface area contributed by atoms with E-state index in [1.54, 1.807) is 38.1 Å². The van der Waals surface area contributed by atoms with Gasteiger partial charge in [-0.1, -0.05) is 43.2 Å². The van der Waals surface area contributed by atoms with Crippen LogP contribution in [0.15, 0.2) is 54.3 Å². The minimum atomic E-state index is -0.818. The van der Waals surface area contributed by atoms with E-state index in [0.717, 1.165) is 10.0 Å². The number of ether oxygens (including phenoxy) is 5. The zero-order valence-electron chi connectivity index (χ0n) is 20.8. The molecule has 5 rings (SSSR count). The number of rotatable bonds is 6. The number of carbonyl (C=O) groups is 1. The third-order valence-corrected chi connectivity index (χ3v) is 8.45. The van der Waals surface area contributed by atoms with Crippen molar-refractivity contribution in [3.8, 4) is 23.0 Å². The lowest BCUT2D eigenvalue weighted by atomic mass is 9.95. The number of benzene rings is 2. The van der Waals surface area contributed by atoms with Crippen molar-refractivity contribution < 1.29 is 28.5 Å². The standard InChI is InChI=1S/C26H22Br2N2O7S/c1-5-35-25(32)22-12(2)29-26-30(23(22)14-8-17(33-3)18(34-4)10-16(14)28)24(31)21(38-26)7-13-6-19-20(9-15(13)27)37-11-36-19/h6-10,23H,5,11H2,1-4H3/b21-7-/t23-/m0/s1. The van der Waals surface area contributed by atoms with Gasteiger partial charge in [-0.3, -0.25) is 9.36 Å². The molecule has 9 nitrogen and oxygen atoms in total. The maximum atomic E-state index is 13.9. The molecule has 2 aliphatic rings. The van der Waals surface area contributed by atoms with Crippen molar-refractivity contribution in [2.24, 2.45) is 4.99 Å². The molecule has 0 fully saturated rings. The van der Waals surface area contributed by atoms with Gasteiger partial charge in [-0.05, 0) is 55.3 Å². The minimum Gasteiger partial charge on any atom is -0.493 e. The van der Waals surface area contributed by atoms with Gasteiger partial charge in [0.1, 0.15) is 0 Å². The van der Waals surface area contributed by atoms with Gasteiger partial charge in [0.15, 0.2) is 27.8 Å². The molecule has 2 aromatic carbocycles. The van der Waals surface area contributed by atoms with Gasteiger partial charge in [-0.2, -0.15) is 0 Å². The summed E-state index contributed by atoms with van der Waals surface area (Å²) in [6.45, 7) is 3.79. The number of hydrogen-bond acceptors (Lipinski definition) is 9. The third kappa shape index (κ3) is 4.54. The van der Waals surface area contributed by atoms with Gasteiger partial charge in [-0.15, -0.1) is 0 Å². The maximum absolute atomic E-state index is 13.9. The summed E-state index contributed by atoms with van der Waals surface area (Å²) in [7, 11) is 3.06. The highest BCUT2D eigenvalue weighted by molar-refractivity contribution is 9.10. The lowest BCUT2D eigenvalue weighted by Crippen LogP contribution is -2.40. The van der Waals surface area contributed by atoms with E-state index >= 15 is 0 Å². The van der Waals surface area contributed by atoms with E-state index in [4.69, 9.17) is 23.7 Å². The number of carbonyl (C=O) groups excluding carboxylic acids is 1. The topological polar surface area (TPSA) is 97.6 Å². The van der Waals surface area contributed by atoms with Crippen molar-refractivity contribution in [2.45, 2.75) is 19.9 Å². The fourth-order valence-corrected chi connectivity index (χ4v) is 6.36. The Morgan fingerprint density at radius 1 is 1.13 bits per heavy atom. The van der Waals surface area contributed by atoms with Crippen LogP contribution in [0, 0.1) is 0 Å². The molecule has 0 saturated carbocycles. The van der Waals surface area contributed by atoms with Crippen molar-refractivity contribution in [2.75, 3.05) is 27.6 Å². The highest BCUT2D eigenvalue weighted by atomic mass is 79.9. The second-order valence-corrected chi connectivity index (χ2v) is 11.0. The summed E-state index contributed by atoms with van der Waals surface area (Å²) in [4.78, 5) is 32.2. The van der Waals surface area contributed by atoms with Gasteiger partial charge in [-0.25, -0.2) is 9.79 Å². The molecule has 1 atom stereocenters. The molecule has 0 unspecified atom stereocenters. The van der Waals surface area contributed by atoms with Crippen LogP contribution in [0.3, 0.4) is 0 Å². The van der Waals surface area contributed by atoms with Crippen molar-refractivity contribution in [3.05, 3.63) is 75.3 Å². The number of aromatic nitrogens is 1. The van der Waals surface area contributed by atoms with Crippen LogP contribution in [0.4, 0.5) is 0 Å². The van der Waals surface area contributed by atoms with E-state index in [1.807, 2.05) is 6.07 Å². The Kier molecular flexibility index (Phi) is 7.38. The molecule has 0 N–H and O–H groups in total. The van der Waals surface area contributed by atoms with E-state index in [2.05, 4.69) is 36.9 Å². The Bertz CT molecular complexity index is 1680. The number of esters is 1. The number of halogens is 2. The van der Waals surface area contributed by atoms with Crippen LogP contribution < -0.4 is 33.8 Å². The molecule has 0 aliphatic carbocycles. The first kappa shape index (κ1) is 26.5. The van der Waals surface area contributed by atoms with Gasteiger partial charge < -0.3 is 23.7 Å². The second-order valence-electron chi connectivity index (χ2n) is 8.26. The first-order valence-corrected chi connectivity index (χ1v) is 13.9. The van der Waals surface area contributed by atoms with Crippen LogP contribution in [0.1, 0.15) is 31.0 Å². The summed E-state index contributed by atoms with van der Waals surface area (Å²) < 4.78 is 30.6. The molecule has 2 aliphatic heterocycles. The Labute approximate surface area is 238 Å². The Hall–Kier alpha value is -3.09. The number of allylic oxidation sites excluding steroid dienone is 1. The molecule has 0 amide bonds. The van der Waals surface area contributed by atoms with Crippen molar-refractivity contribution in [1.82, 2.24) is 4.57 Å². The highest BCUT2D eigenvalue weighted by Gasteiger charge is 2.35. The molecule has 0 radical (unpaired) electrons. The zero-order chi connectivity index (χ0) is 27.1. The predicted octanol–water partition coefficient (Wildman–Crippen LogP) is 4.07. The zero-order valence-corrected chi connectivity index (χ0v) is 24.8. The Balaban J connectivity index is 1.75. The number of thiazole rings is 1. The average molecular weight is 666 g/mol. The molecule has 3 heterocycles. The van der Waals surface area contributed by atoms with Gasteiger partial charge in [0.25, 0.3) is 5.56 Å². The van der Waals surface area contributed by atoms with Crippen LogP contribution in [0.2, 0.25) is 0 Å². The molecular formula is C26H22Br2N2O7S. The molecule has 1 aromatic heterocycles. The number of fused-ring (bicyclic) bond motifs is 2. The maximum Gasteiger partial charge on any atom is 0.338 e. The summed E-state index contributed by atoms with van der Waals surface area (Å²) in [5, 5.41) is 0. The monoisotopic (exact) mass is 664 g/mol. The largest absolute Gasteiger partial charge is 0.493 e. The Morgan fingerprint density at radius 3 is 2.50 bits per heavy atom. The number of methoxy groups -OCH3 is 2. The summed E-state index contributed by atoms with van der Waals surface area (Å²) in [5.74, 6) is 1.63. The van der Waals surface area contributed by atoms with Crippen LogP contribution >= 0.6 is 43.2 Å². The second kappa shape index (κ2) is 10.6. The quantitative estimate of drug-likeness (QED) is 0.366. The molecule has 0 saturated heterocycles. The first-order valence-electron chi connectivity index (χ1n) is 11.5. The van der Waals surface area contributed by atoms with Crippen LogP contribution in [-0.2, 0) is 9.53 Å². The van der Waals surface area contributed by atoms with E-state index in [9.17, 15) is 9.59 Å². The molecule has 0 spiro atoms. The first-order chi connectivity index (χ1) is 18.3. The average Bonchev–Trinajstić information content (AvgIpc) is 3.46. The SMILES string of the molecule is CCOC(=O)C1=C(C)N=c2s/c(=C\c3cc4c(cc3Br)OCO4)c(=O)n2[C@H]1c1cc(OC)c(OC)cc1Br. The summed E-state index contributed by atoms with van der Waals surface area (Å²) in [5.41, 5.74) is 1.79. The molecule has 198 valence electrons. The lowest BCUT2D eigenvalue weighted by molar-refractivity contribution is -0.139. The Morgan fingerprint density at radius 2 is 1.82 bits per heavy atom. The van der Waals surface area contributed by atoms with Crippen molar-refractivity contribution >= 4 is 55.2 Å². The van der Waals surface area contributed by atoms with Crippen molar-refractivity contribution in [1.29, 1.82) is 0 Å². The van der Waals surface area contributed by atoms with E-state index in [1.165, 1.54) is 30.1 Å². The molecule has 0 bridgehead atoms. The van der Waals surface area contributed by atoms with Gasteiger partial charge >= 0.3 is 5.97 Å². The number of nitrogens with zero attached hydrogens (tertiary/aromatic N) is 2. The fraction of sp³-hybridized carbons (Fsp3) is 0.269. The minimum absolute atomic E-state index is 0.142. The van der Waals surface area contributed by atoms with E-state index in [0.29, 0.717) is 48.1 Å². The van der Waals surface area contributed by atoms with Crippen LogP contribution in [-0.4, -0.2) is 38.2 Å². The summed E-state index contributed by atoms with van der Waals surface area (Å²) in [6.07, 6.45) is 1.76. The van der Waals surface area contributed by atoms with Gasteiger partial charge in [0.2, 0.25) is 6.79 Å². The third-order valence-electron chi connectivity index (χ3n) is 6.09. The lowest BCUT2D eigenvalue weighted by Gasteiger charge is -2.26. The molecule has 3 aromatic rings. The van der Waals surface area contributed by atoms with Crippen molar-refractivity contribution in [3.63, 3.8) is 0 Å². The van der Waals surface area contributed by atoms with Crippen LogP contribution in [0.5, 0.6) is 23.0 Å².